The number of nitrogens with zero attached hydrogens (tertiary/aromatic N) is 2. The quantitative estimate of drug-likeness (QED) is 0.488. The topological polar surface area (TPSA) is 89.2 Å². The molecular formula is C24H24N4O3. The molecule has 1 unspecified atom stereocenters. The Hall–Kier alpha value is -3.87. The fraction of sp³-hybridized carbons (Fsp3) is 0.208. The van der Waals surface area contributed by atoms with Crippen LogP contribution in [0.5, 0.6) is 0 Å². The highest BCUT2D eigenvalue weighted by Gasteiger charge is 2.21. The first kappa shape index (κ1) is 20.4. The van der Waals surface area contributed by atoms with E-state index in [1.165, 1.54) is 11.8 Å². The molecule has 0 fully saturated rings. The Bertz CT molecular complexity index is 1240. The van der Waals surface area contributed by atoms with Crippen LogP contribution < -0.4 is 10.6 Å². The van der Waals surface area contributed by atoms with Crippen molar-refractivity contribution < 1.29 is 14.0 Å². The first-order valence-corrected chi connectivity index (χ1v) is 10.1. The number of carbonyl (C=O) groups excluding carboxylic acids is 2. The molecule has 158 valence electrons. The van der Waals surface area contributed by atoms with E-state index < -0.39 is 6.04 Å². The lowest BCUT2D eigenvalue weighted by atomic mass is 10.1. The highest BCUT2D eigenvalue weighted by Crippen LogP contribution is 2.22. The molecule has 0 saturated heterocycles. The van der Waals surface area contributed by atoms with Gasteiger partial charge in [-0.25, -0.2) is 4.98 Å². The van der Waals surface area contributed by atoms with Gasteiger partial charge in [0.25, 0.3) is 5.91 Å². The second kappa shape index (κ2) is 8.47. The molecule has 0 saturated carbocycles. The molecule has 0 aliphatic carbocycles. The number of fused-ring (bicyclic) bond motifs is 1. The minimum atomic E-state index is -0.431. The molecule has 2 aromatic carbocycles. The van der Waals surface area contributed by atoms with E-state index in [1.807, 2.05) is 67.8 Å². The molecule has 4 aromatic rings. The van der Waals surface area contributed by atoms with Crippen molar-refractivity contribution in [3.05, 3.63) is 83.6 Å². The number of anilines is 1. The summed E-state index contributed by atoms with van der Waals surface area (Å²) < 4.78 is 7.00. The number of nitrogens with one attached hydrogen (secondary N) is 2. The van der Waals surface area contributed by atoms with Crippen molar-refractivity contribution in [1.29, 1.82) is 0 Å². The van der Waals surface area contributed by atoms with Crippen LogP contribution in [0.2, 0.25) is 0 Å². The van der Waals surface area contributed by atoms with Gasteiger partial charge in [-0.05, 0) is 68.3 Å². The first-order chi connectivity index (χ1) is 14.9. The van der Waals surface area contributed by atoms with Gasteiger partial charge in [0.05, 0.1) is 23.3 Å². The van der Waals surface area contributed by atoms with Crippen molar-refractivity contribution in [1.82, 2.24) is 14.9 Å². The van der Waals surface area contributed by atoms with E-state index in [4.69, 9.17) is 4.42 Å². The molecule has 7 heteroatoms. The van der Waals surface area contributed by atoms with Gasteiger partial charge in [0, 0.05) is 5.69 Å². The standard InChI is InChI=1S/C24H24N4O3/c1-15-10-11-18(13-16(15)2)26-22(29)14-28-20-8-5-4-7-19(20)27-23(28)17(3)25-24(30)21-9-6-12-31-21/h4-13,17H,14H2,1-3H3,(H,25,30)(H,26,29). The van der Waals surface area contributed by atoms with E-state index >= 15 is 0 Å². The normalized spacial score (nSPS) is 12.0. The largest absolute Gasteiger partial charge is 0.459 e. The maximum atomic E-state index is 12.8. The van der Waals surface area contributed by atoms with Gasteiger partial charge in [0.1, 0.15) is 12.4 Å². The third-order valence-electron chi connectivity index (χ3n) is 5.26. The van der Waals surface area contributed by atoms with Gasteiger partial charge >= 0.3 is 0 Å². The van der Waals surface area contributed by atoms with Crippen LogP contribution in [-0.2, 0) is 11.3 Å². The molecular weight excluding hydrogens is 392 g/mol. The number of hydrogen-bond acceptors (Lipinski definition) is 4. The summed E-state index contributed by atoms with van der Waals surface area (Å²) in [6.45, 7) is 5.95. The van der Waals surface area contributed by atoms with Crippen LogP contribution in [0.4, 0.5) is 5.69 Å². The SMILES string of the molecule is Cc1ccc(NC(=O)Cn2c(C(C)NC(=O)c3ccco3)nc3ccccc32)cc1C. The summed E-state index contributed by atoms with van der Waals surface area (Å²) in [5, 5.41) is 5.84. The zero-order valence-corrected chi connectivity index (χ0v) is 17.7. The van der Waals surface area contributed by atoms with Crippen molar-refractivity contribution in [3.63, 3.8) is 0 Å². The first-order valence-electron chi connectivity index (χ1n) is 10.1. The summed E-state index contributed by atoms with van der Waals surface area (Å²) in [4.78, 5) is 29.9. The third kappa shape index (κ3) is 4.35. The van der Waals surface area contributed by atoms with Crippen LogP contribution >= 0.6 is 0 Å². The minimum Gasteiger partial charge on any atom is -0.459 e. The third-order valence-corrected chi connectivity index (χ3v) is 5.26. The highest BCUT2D eigenvalue weighted by molar-refractivity contribution is 5.93. The van der Waals surface area contributed by atoms with Crippen LogP contribution in [0.1, 0.15) is 40.5 Å². The maximum Gasteiger partial charge on any atom is 0.287 e. The molecule has 7 nitrogen and oxygen atoms in total. The predicted molar refractivity (Wildman–Crippen MR) is 119 cm³/mol. The van der Waals surface area contributed by atoms with E-state index in [2.05, 4.69) is 15.6 Å². The molecule has 0 spiro atoms. The average molecular weight is 416 g/mol. The molecule has 2 amide bonds. The van der Waals surface area contributed by atoms with Gasteiger partial charge in [-0.15, -0.1) is 0 Å². The number of aryl methyl sites for hydroxylation is 2. The Morgan fingerprint density at radius 1 is 1.06 bits per heavy atom. The maximum absolute atomic E-state index is 12.8. The van der Waals surface area contributed by atoms with Crippen LogP contribution in [0.3, 0.4) is 0 Å². The lowest BCUT2D eigenvalue weighted by Crippen LogP contribution is -2.29. The number of para-hydroxylation sites is 2. The molecule has 0 aliphatic rings. The van der Waals surface area contributed by atoms with E-state index in [-0.39, 0.29) is 24.1 Å². The molecule has 2 N–H and O–H groups in total. The number of benzene rings is 2. The smallest absolute Gasteiger partial charge is 0.287 e. The lowest BCUT2D eigenvalue weighted by Gasteiger charge is -2.16. The summed E-state index contributed by atoms with van der Waals surface area (Å²) in [6.07, 6.45) is 1.45. The number of hydrogen-bond donors (Lipinski definition) is 2. The Balaban J connectivity index is 1.59. The summed E-state index contributed by atoms with van der Waals surface area (Å²) in [6, 6.07) is 16.2. The van der Waals surface area contributed by atoms with E-state index in [0.717, 1.165) is 22.3 Å². The number of amides is 2. The number of carbonyl (C=O) groups is 2. The zero-order valence-electron chi connectivity index (χ0n) is 17.7. The van der Waals surface area contributed by atoms with Crippen molar-refractivity contribution in [3.8, 4) is 0 Å². The van der Waals surface area contributed by atoms with Crippen molar-refractivity contribution in [2.24, 2.45) is 0 Å². The molecule has 31 heavy (non-hydrogen) atoms. The van der Waals surface area contributed by atoms with Gasteiger partial charge < -0.3 is 19.6 Å². The van der Waals surface area contributed by atoms with Crippen molar-refractivity contribution in [2.75, 3.05) is 5.32 Å². The second-order valence-corrected chi connectivity index (χ2v) is 7.56. The molecule has 4 rings (SSSR count). The van der Waals surface area contributed by atoms with Crippen LogP contribution in [0.15, 0.2) is 65.3 Å². The van der Waals surface area contributed by atoms with Gasteiger partial charge in [-0.1, -0.05) is 18.2 Å². The summed E-state index contributed by atoms with van der Waals surface area (Å²) in [5.41, 5.74) is 4.61. The fourth-order valence-electron chi connectivity index (χ4n) is 3.49. The number of aromatic nitrogens is 2. The molecule has 0 radical (unpaired) electrons. The number of furan rings is 1. The van der Waals surface area contributed by atoms with E-state index in [1.54, 1.807) is 12.1 Å². The Kier molecular flexibility index (Phi) is 5.58. The number of imidazole rings is 1. The molecule has 2 aromatic heterocycles. The highest BCUT2D eigenvalue weighted by atomic mass is 16.3. The molecule has 2 heterocycles. The fourth-order valence-corrected chi connectivity index (χ4v) is 3.49. The summed E-state index contributed by atoms with van der Waals surface area (Å²) in [7, 11) is 0. The number of rotatable bonds is 6. The lowest BCUT2D eigenvalue weighted by molar-refractivity contribution is -0.116. The van der Waals surface area contributed by atoms with Crippen molar-refractivity contribution in [2.45, 2.75) is 33.4 Å². The monoisotopic (exact) mass is 416 g/mol. The van der Waals surface area contributed by atoms with E-state index in [9.17, 15) is 9.59 Å². The van der Waals surface area contributed by atoms with Gasteiger partial charge in [-0.2, -0.15) is 0 Å². The average Bonchev–Trinajstić information content (AvgIpc) is 3.40. The van der Waals surface area contributed by atoms with Gasteiger partial charge in [0.15, 0.2) is 5.76 Å². The molecule has 0 aliphatic heterocycles. The Labute approximate surface area is 180 Å². The molecule has 0 bridgehead atoms. The zero-order chi connectivity index (χ0) is 22.0. The summed E-state index contributed by atoms with van der Waals surface area (Å²) in [5.74, 6) is 0.311. The Morgan fingerprint density at radius 3 is 2.61 bits per heavy atom. The summed E-state index contributed by atoms with van der Waals surface area (Å²) >= 11 is 0. The second-order valence-electron chi connectivity index (χ2n) is 7.56. The van der Waals surface area contributed by atoms with Gasteiger partial charge in [-0.3, -0.25) is 9.59 Å². The minimum absolute atomic E-state index is 0.0731. The van der Waals surface area contributed by atoms with Crippen LogP contribution in [0, 0.1) is 13.8 Å². The predicted octanol–water partition coefficient (Wildman–Crippen LogP) is 4.38. The van der Waals surface area contributed by atoms with Gasteiger partial charge in [0.2, 0.25) is 5.91 Å². The van der Waals surface area contributed by atoms with Crippen LogP contribution in [-0.4, -0.2) is 21.4 Å². The van der Waals surface area contributed by atoms with E-state index in [0.29, 0.717) is 5.82 Å². The Morgan fingerprint density at radius 2 is 1.87 bits per heavy atom. The van der Waals surface area contributed by atoms with Crippen LogP contribution in [0.25, 0.3) is 11.0 Å². The van der Waals surface area contributed by atoms with Crippen molar-refractivity contribution >= 4 is 28.5 Å². The molecule has 1 atom stereocenters.